The summed E-state index contributed by atoms with van der Waals surface area (Å²) in [5, 5.41) is 3.77. The highest BCUT2D eigenvalue weighted by Crippen LogP contribution is 2.11. The molecule has 0 radical (unpaired) electrons. The molecule has 5 nitrogen and oxygen atoms in total. The third kappa shape index (κ3) is 8.19. The first-order chi connectivity index (χ1) is 8.85. The lowest BCUT2D eigenvalue weighted by molar-refractivity contribution is -0.115. The van der Waals surface area contributed by atoms with Crippen molar-refractivity contribution >= 4 is 26.8 Å². The summed E-state index contributed by atoms with van der Waals surface area (Å²) < 4.78 is 16.9. The van der Waals surface area contributed by atoms with Crippen molar-refractivity contribution in [2.75, 3.05) is 12.5 Å². The highest BCUT2D eigenvalue weighted by atomic mass is 32.2. The third-order valence-corrected chi connectivity index (χ3v) is 3.39. The molecular formula is C14H27NO4S. The molecule has 0 aliphatic rings. The molecule has 6 heteroatoms. The van der Waals surface area contributed by atoms with Crippen LogP contribution in [0, 0.1) is 5.92 Å². The monoisotopic (exact) mass is 305 g/mol. The minimum absolute atomic E-state index is 0.0620. The highest BCUT2D eigenvalue weighted by Gasteiger charge is 2.27. The molecule has 0 aliphatic heterocycles. The second-order valence-electron chi connectivity index (χ2n) is 6.34. The maximum atomic E-state index is 12.2. The van der Waals surface area contributed by atoms with Crippen LogP contribution in [-0.2, 0) is 19.1 Å². The van der Waals surface area contributed by atoms with Crippen molar-refractivity contribution in [3.05, 3.63) is 0 Å². The molecule has 0 saturated carbocycles. The van der Waals surface area contributed by atoms with E-state index in [1.54, 1.807) is 20.8 Å². The number of hydrogen-bond donors (Lipinski definition) is 1. The molecule has 0 aromatic carbocycles. The number of amides is 1. The molecule has 0 rings (SSSR count). The first kappa shape index (κ1) is 19.0. The smallest absolute Gasteiger partial charge is 0.408 e. The van der Waals surface area contributed by atoms with Crippen LogP contribution in [0.25, 0.3) is 0 Å². The van der Waals surface area contributed by atoms with Gasteiger partial charge in [0.1, 0.15) is 5.60 Å². The van der Waals surface area contributed by atoms with E-state index in [9.17, 15) is 13.8 Å². The minimum Gasteiger partial charge on any atom is -0.444 e. The van der Waals surface area contributed by atoms with Crippen LogP contribution < -0.4 is 5.32 Å². The second kappa shape index (κ2) is 7.11. The Bertz CT molecular complexity index is 462. The predicted octanol–water partition coefficient (Wildman–Crippen LogP) is 1.84. The Balaban J connectivity index is 5.06. The topological polar surface area (TPSA) is 72.5 Å². The predicted molar refractivity (Wildman–Crippen MR) is 83.7 cm³/mol. The highest BCUT2D eigenvalue weighted by molar-refractivity contribution is 8.01. The number of rotatable bonds is 5. The van der Waals surface area contributed by atoms with Crippen LogP contribution in [0.1, 0.15) is 41.0 Å². The van der Waals surface area contributed by atoms with Gasteiger partial charge < -0.3 is 10.1 Å². The van der Waals surface area contributed by atoms with Crippen molar-refractivity contribution in [2.45, 2.75) is 52.7 Å². The maximum Gasteiger partial charge on any atom is 0.408 e. The van der Waals surface area contributed by atoms with E-state index in [1.165, 1.54) is 17.9 Å². The van der Waals surface area contributed by atoms with Crippen LogP contribution >= 0.6 is 0 Å². The lowest BCUT2D eigenvalue weighted by Gasteiger charge is -2.25. The van der Waals surface area contributed by atoms with Gasteiger partial charge in [0.15, 0.2) is 5.78 Å². The zero-order chi connectivity index (χ0) is 16.1. The Morgan fingerprint density at radius 3 is 2.15 bits per heavy atom. The van der Waals surface area contributed by atoms with Gasteiger partial charge in [-0.2, -0.15) is 0 Å². The summed E-state index contributed by atoms with van der Waals surface area (Å²) >= 11 is 0. The molecule has 1 unspecified atom stereocenters. The van der Waals surface area contributed by atoms with Crippen molar-refractivity contribution in [1.29, 1.82) is 0 Å². The van der Waals surface area contributed by atoms with Gasteiger partial charge in [0, 0.05) is 17.9 Å². The van der Waals surface area contributed by atoms with Crippen LogP contribution in [0.4, 0.5) is 4.79 Å². The number of ketones is 1. The van der Waals surface area contributed by atoms with E-state index in [0.717, 1.165) is 0 Å². The third-order valence-electron chi connectivity index (χ3n) is 2.59. The van der Waals surface area contributed by atoms with Crippen LogP contribution in [0.3, 0.4) is 0 Å². The number of carbonyl (C=O) groups excluding carboxylic acids is 2. The average Bonchev–Trinajstić information content (AvgIpc) is 2.19. The van der Waals surface area contributed by atoms with Crippen LogP contribution in [0.2, 0.25) is 0 Å². The van der Waals surface area contributed by atoms with Gasteiger partial charge in [0.2, 0.25) is 0 Å². The molecule has 0 bridgehead atoms. The molecule has 0 spiro atoms. The zero-order valence-electron chi connectivity index (χ0n) is 13.5. The summed E-state index contributed by atoms with van der Waals surface area (Å²) in [6.45, 7) is 9.05. The fourth-order valence-corrected chi connectivity index (χ4v) is 2.22. The van der Waals surface area contributed by atoms with E-state index >= 15 is 0 Å². The van der Waals surface area contributed by atoms with E-state index in [0.29, 0.717) is 6.42 Å². The van der Waals surface area contributed by atoms with Gasteiger partial charge in [0.25, 0.3) is 0 Å². The second-order valence-corrected chi connectivity index (χ2v) is 9.19. The van der Waals surface area contributed by atoms with Crippen molar-refractivity contribution in [3.8, 4) is 0 Å². The molecule has 1 N–H and O–H groups in total. The van der Waals surface area contributed by atoms with Crippen LogP contribution in [0.5, 0.6) is 0 Å². The number of ether oxygens (including phenoxy) is 1. The van der Waals surface area contributed by atoms with Gasteiger partial charge in [-0.05, 0) is 36.2 Å². The van der Waals surface area contributed by atoms with E-state index < -0.39 is 27.3 Å². The maximum absolute atomic E-state index is 12.2. The number of hydrogen-bond acceptors (Lipinski definition) is 4. The normalized spacial score (nSPS) is 15.2. The van der Waals surface area contributed by atoms with Crippen LogP contribution in [0.15, 0.2) is 0 Å². The summed E-state index contributed by atoms with van der Waals surface area (Å²) in [5.41, 5.74) is -0.625. The minimum atomic E-state index is -2.30. The first-order valence-electron chi connectivity index (χ1n) is 6.68. The average molecular weight is 305 g/mol. The Kier molecular flexibility index (Phi) is 6.74. The van der Waals surface area contributed by atoms with Gasteiger partial charge >= 0.3 is 6.09 Å². The first-order valence-corrected chi connectivity index (χ1v) is 9.12. The number of alkyl carbamates (subject to hydrolysis) is 1. The molecule has 0 aromatic heterocycles. The lowest BCUT2D eigenvalue weighted by atomic mass is 9.96. The Labute approximate surface area is 122 Å². The summed E-state index contributed by atoms with van der Waals surface area (Å²) in [5.74, 6) is -0.395. The quantitative estimate of drug-likeness (QED) is 0.787. The molecule has 118 valence electrons. The van der Waals surface area contributed by atoms with Crippen molar-refractivity contribution < 1.29 is 18.5 Å². The molecule has 0 aliphatic carbocycles. The number of nitrogens with one attached hydrogen (secondary N) is 1. The van der Waals surface area contributed by atoms with Gasteiger partial charge in [-0.3, -0.25) is 9.00 Å². The summed E-state index contributed by atoms with van der Waals surface area (Å²) in [6.07, 6.45) is 3.07. The summed E-state index contributed by atoms with van der Waals surface area (Å²) in [7, 11) is -2.30. The van der Waals surface area contributed by atoms with Gasteiger partial charge in [-0.15, -0.1) is 0 Å². The molecular weight excluding hydrogens is 278 g/mol. The SMILES string of the molecule is CCC(C)[C@H](NC(=O)OC(C)(C)C)C(=O)C=S(C)(C)=O. The largest absolute Gasteiger partial charge is 0.444 e. The summed E-state index contributed by atoms with van der Waals surface area (Å²) in [4.78, 5) is 23.9. The van der Waals surface area contributed by atoms with Crippen molar-refractivity contribution in [3.63, 3.8) is 0 Å². The van der Waals surface area contributed by atoms with Crippen molar-refractivity contribution in [1.82, 2.24) is 5.32 Å². The Hall–Kier alpha value is -1.04. The zero-order valence-corrected chi connectivity index (χ0v) is 14.3. The Morgan fingerprint density at radius 1 is 1.30 bits per heavy atom. The number of carbonyl (C=O) groups is 2. The van der Waals surface area contributed by atoms with Crippen LogP contribution in [-0.4, -0.2) is 45.6 Å². The molecule has 0 aromatic rings. The number of Topliss-reactive ketones (excluding diaryl/α,β-unsaturated/α-hetero) is 1. The standard InChI is InChI=1S/C14H27NO4S/c1-8-10(2)12(11(16)9-20(6,7)18)15-13(17)19-14(3,4)5/h9-10,12H,8H2,1-7H3,(H,15,17)/t10?,12-/m0/s1. The molecule has 0 heterocycles. The van der Waals surface area contributed by atoms with E-state index in [4.69, 9.17) is 4.74 Å². The fourth-order valence-electron chi connectivity index (χ4n) is 1.52. The lowest BCUT2D eigenvalue weighted by Crippen LogP contribution is -2.47. The van der Waals surface area contributed by atoms with Gasteiger partial charge in [-0.1, -0.05) is 20.3 Å². The molecule has 1 amide bonds. The van der Waals surface area contributed by atoms with Gasteiger partial charge in [0.05, 0.1) is 6.04 Å². The van der Waals surface area contributed by atoms with E-state index in [-0.39, 0.29) is 11.7 Å². The molecule has 0 fully saturated rings. The molecule has 2 atom stereocenters. The fraction of sp³-hybridized carbons (Fsp3) is 0.786. The van der Waals surface area contributed by atoms with Crippen molar-refractivity contribution in [2.24, 2.45) is 5.92 Å². The molecule has 0 saturated heterocycles. The van der Waals surface area contributed by atoms with Gasteiger partial charge in [-0.25, -0.2) is 4.79 Å². The summed E-state index contributed by atoms with van der Waals surface area (Å²) in [6, 6.07) is -0.712. The Morgan fingerprint density at radius 2 is 1.80 bits per heavy atom. The molecule has 20 heavy (non-hydrogen) atoms. The van der Waals surface area contributed by atoms with E-state index in [2.05, 4.69) is 5.32 Å². The van der Waals surface area contributed by atoms with E-state index in [1.807, 2.05) is 13.8 Å².